The van der Waals surface area contributed by atoms with Crippen LogP contribution in [0.1, 0.15) is 31.4 Å². The van der Waals surface area contributed by atoms with Crippen LogP contribution in [0.4, 0.5) is 5.69 Å². The number of aryl methyl sites for hydroxylation is 1. The molecule has 0 unspecified atom stereocenters. The van der Waals surface area contributed by atoms with Gasteiger partial charge in [-0.2, -0.15) is 0 Å². The summed E-state index contributed by atoms with van der Waals surface area (Å²) in [5.74, 6) is -0.250. The highest BCUT2D eigenvalue weighted by Gasteiger charge is 2.18. The molecule has 3 nitrogen and oxygen atoms in total. The van der Waals surface area contributed by atoms with E-state index in [-0.39, 0.29) is 5.97 Å². The Morgan fingerprint density at radius 2 is 2.25 bits per heavy atom. The van der Waals surface area contributed by atoms with E-state index in [1.807, 2.05) is 13.0 Å². The van der Waals surface area contributed by atoms with Crippen LogP contribution >= 0.6 is 15.9 Å². The van der Waals surface area contributed by atoms with Crippen molar-refractivity contribution in [3.05, 3.63) is 33.3 Å². The predicted molar refractivity (Wildman–Crippen MR) is 86.0 cm³/mol. The number of esters is 1. The monoisotopic (exact) mass is 337 g/mol. The van der Waals surface area contributed by atoms with Gasteiger partial charge in [0.2, 0.25) is 0 Å². The van der Waals surface area contributed by atoms with Gasteiger partial charge in [-0.25, -0.2) is 4.79 Å². The van der Waals surface area contributed by atoms with Crippen LogP contribution in [0.5, 0.6) is 0 Å². The molecule has 0 atom stereocenters. The molecule has 20 heavy (non-hydrogen) atoms. The minimum absolute atomic E-state index is 0.250. The number of hydrogen-bond acceptors (Lipinski definition) is 3. The molecule has 0 aromatic heterocycles. The number of carbonyl (C=O) groups excluding carboxylic acids is 1. The number of benzene rings is 1. The van der Waals surface area contributed by atoms with Gasteiger partial charge in [0, 0.05) is 29.3 Å². The molecule has 4 heteroatoms. The Morgan fingerprint density at radius 1 is 1.50 bits per heavy atom. The zero-order chi connectivity index (χ0) is 14.7. The number of carbonyl (C=O) groups is 1. The largest absolute Gasteiger partial charge is 0.463 e. The fourth-order valence-electron chi connectivity index (χ4n) is 2.60. The maximum absolute atomic E-state index is 11.8. The van der Waals surface area contributed by atoms with Crippen molar-refractivity contribution in [3.63, 3.8) is 0 Å². The number of nitrogens with zero attached hydrogens (tertiary/aromatic N) is 1. The van der Waals surface area contributed by atoms with Crippen molar-refractivity contribution in [2.75, 3.05) is 25.1 Å². The summed E-state index contributed by atoms with van der Waals surface area (Å²) in [4.78, 5) is 14.0. The molecule has 1 aliphatic heterocycles. The van der Waals surface area contributed by atoms with E-state index < -0.39 is 0 Å². The fraction of sp³-hybridized carbons (Fsp3) is 0.438. The average molecular weight is 338 g/mol. The summed E-state index contributed by atoms with van der Waals surface area (Å²) >= 11 is 3.55. The molecule has 0 aliphatic carbocycles. The zero-order valence-corrected chi connectivity index (χ0v) is 13.8. The molecule has 0 bridgehead atoms. The van der Waals surface area contributed by atoms with E-state index in [4.69, 9.17) is 4.74 Å². The molecule has 0 fully saturated rings. The third-order valence-corrected chi connectivity index (χ3v) is 3.93. The van der Waals surface area contributed by atoms with Crippen LogP contribution in [0, 0.1) is 0 Å². The molecule has 108 valence electrons. The molecule has 0 saturated heterocycles. The molecule has 0 radical (unpaired) electrons. The lowest BCUT2D eigenvalue weighted by molar-refractivity contribution is -0.138. The molecule has 0 N–H and O–H groups in total. The highest BCUT2D eigenvalue weighted by Crippen LogP contribution is 2.34. The highest BCUT2D eigenvalue weighted by atomic mass is 79.9. The number of rotatable bonds is 3. The zero-order valence-electron chi connectivity index (χ0n) is 12.2. The van der Waals surface area contributed by atoms with Crippen LogP contribution in [0.3, 0.4) is 0 Å². The number of fused-ring (bicyclic) bond motifs is 1. The van der Waals surface area contributed by atoms with Crippen LogP contribution in [-0.4, -0.2) is 26.2 Å². The van der Waals surface area contributed by atoms with E-state index in [2.05, 4.69) is 40.0 Å². The first-order valence-corrected chi connectivity index (χ1v) is 7.71. The van der Waals surface area contributed by atoms with Gasteiger partial charge in [0.1, 0.15) is 0 Å². The summed E-state index contributed by atoms with van der Waals surface area (Å²) in [7, 11) is 2.10. The minimum atomic E-state index is -0.250. The van der Waals surface area contributed by atoms with Crippen LogP contribution in [0.2, 0.25) is 0 Å². The average Bonchev–Trinajstić information content (AvgIpc) is 2.38. The number of anilines is 1. The molecule has 1 aromatic carbocycles. The maximum Gasteiger partial charge on any atom is 0.333 e. The van der Waals surface area contributed by atoms with Crippen LogP contribution in [-0.2, 0) is 16.0 Å². The Labute approximate surface area is 128 Å². The Morgan fingerprint density at radius 3 is 2.95 bits per heavy atom. The summed E-state index contributed by atoms with van der Waals surface area (Å²) in [6.45, 7) is 5.07. The molecule has 2 rings (SSSR count). The molecule has 0 saturated carbocycles. The van der Waals surface area contributed by atoms with E-state index >= 15 is 0 Å². The van der Waals surface area contributed by atoms with Crippen molar-refractivity contribution in [2.45, 2.75) is 26.7 Å². The normalized spacial score (nSPS) is 15.0. The first-order valence-electron chi connectivity index (χ1n) is 6.92. The smallest absolute Gasteiger partial charge is 0.333 e. The third kappa shape index (κ3) is 3.23. The van der Waals surface area contributed by atoms with E-state index in [0.29, 0.717) is 12.2 Å². The second-order valence-electron chi connectivity index (χ2n) is 5.08. The summed E-state index contributed by atoms with van der Waals surface area (Å²) in [5, 5.41) is 0. The van der Waals surface area contributed by atoms with Gasteiger partial charge in [0.15, 0.2) is 0 Å². The van der Waals surface area contributed by atoms with E-state index in [9.17, 15) is 4.79 Å². The Bertz CT molecular complexity index is 552. The van der Waals surface area contributed by atoms with Crippen molar-refractivity contribution in [3.8, 4) is 0 Å². The van der Waals surface area contributed by atoms with Crippen LogP contribution in [0.25, 0.3) is 6.08 Å². The predicted octanol–water partition coefficient (Wildman–Crippen LogP) is 3.80. The molecule has 1 aromatic rings. The Kier molecular flexibility index (Phi) is 4.86. The van der Waals surface area contributed by atoms with Crippen molar-refractivity contribution in [1.82, 2.24) is 0 Å². The van der Waals surface area contributed by atoms with Gasteiger partial charge in [-0.05, 0) is 56.0 Å². The summed E-state index contributed by atoms with van der Waals surface area (Å²) in [6, 6.07) is 4.23. The number of hydrogen-bond donors (Lipinski definition) is 0. The van der Waals surface area contributed by atoms with Crippen molar-refractivity contribution in [1.29, 1.82) is 0 Å². The van der Waals surface area contributed by atoms with E-state index in [1.54, 1.807) is 6.92 Å². The lowest BCUT2D eigenvalue weighted by atomic mass is 9.97. The second kappa shape index (κ2) is 6.44. The first kappa shape index (κ1) is 15.1. The summed E-state index contributed by atoms with van der Waals surface area (Å²) < 4.78 is 6.09. The van der Waals surface area contributed by atoms with Gasteiger partial charge < -0.3 is 9.64 Å². The quantitative estimate of drug-likeness (QED) is 0.620. The topological polar surface area (TPSA) is 29.5 Å². The molecular weight excluding hydrogens is 318 g/mol. The Hall–Kier alpha value is -1.29. The third-order valence-electron chi connectivity index (χ3n) is 3.47. The van der Waals surface area contributed by atoms with Gasteiger partial charge in [-0.3, -0.25) is 0 Å². The maximum atomic E-state index is 11.8. The second-order valence-corrected chi connectivity index (χ2v) is 5.99. The summed E-state index contributed by atoms with van der Waals surface area (Å²) in [6.07, 6.45) is 4.17. The van der Waals surface area contributed by atoms with E-state index in [0.717, 1.165) is 23.0 Å². The highest BCUT2D eigenvalue weighted by molar-refractivity contribution is 9.10. The number of ether oxygens (including phenoxy) is 1. The molecule has 0 spiro atoms. The van der Waals surface area contributed by atoms with Crippen LogP contribution < -0.4 is 4.90 Å². The van der Waals surface area contributed by atoms with Gasteiger partial charge in [0.05, 0.1) is 6.61 Å². The lowest BCUT2D eigenvalue weighted by Crippen LogP contribution is -2.25. The Balaban J connectivity index is 2.43. The lowest BCUT2D eigenvalue weighted by Gasteiger charge is -2.29. The van der Waals surface area contributed by atoms with Gasteiger partial charge >= 0.3 is 5.97 Å². The van der Waals surface area contributed by atoms with E-state index in [1.165, 1.54) is 17.7 Å². The van der Waals surface area contributed by atoms with Crippen LogP contribution in [0.15, 0.2) is 22.2 Å². The van der Waals surface area contributed by atoms with Crippen molar-refractivity contribution >= 4 is 33.7 Å². The van der Waals surface area contributed by atoms with Gasteiger partial charge in [-0.1, -0.05) is 15.9 Å². The summed E-state index contributed by atoms with van der Waals surface area (Å²) in [5.41, 5.74) is 4.26. The van der Waals surface area contributed by atoms with Gasteiger partial charge in [0.25, 0.3) is 0 Å². The SMILES string of the molecule is CCOC(=O)C(C)=Cc1cc(Br)cc2c1N(C)CCC2. The first-order chi connectivity index (χ1) is 9.52. The molecule has 1 aliphatic rings. The van der Waals surface area contributed by atoms with Crippen molar-refractivity contribution < 1.29 is 9.53 Å². The number of halogens is 1. The van der Waals surface area contributed by atoms with Gasteiger partial charge in [-0.15, -0.1) is 0 Å². The standard InChI is InChI=1S/C16H20BrNO2/c1-4-20-16(19)11(2)8-13-10-14(17)9-12-6-5-7-18(3)15(12)13/h8-10H,4-7H2,1-3H3. The molecule has 0 amide bonds. The molecular formula is C16H20BrNO2. The fourth-order valence-corrected chi connectivity index (χ4v) is 3.12. The minimum Gasteiger partial charge on any atom is -0.463 e. The molecule has 1 heterocycles. The van der Waals surface area contributed by atoms with Crippen molar-refractivity contribution in [2.24, 2.45) is 0 Å².